The van der Waals surface area contributed by atoms with Gasteiger partial charge in [-0.25, -0.2) is 0 Å². The molecule has 1 rings (SSSR count). The van der Waals surface area contributed by atoms with Gasteiger partial charge < -0.3 is 10.7 Å². The van der Waals surface area contributed by atoms with E-state index in [2.05, 4.69) is 10.7 Å². The molecule has 0 saturated heterocycles. The molecule has 1 aromatic carbocycles. The lowest BCUT2D eigenvalue weighted by molar-refractivity contribution is -0.385. The molecule has 1 amide bonds. The Kier molecular flexibility index (Phi) is 5.08. The van der Waals surface area contributed by atoms with Crippen LogP contribution in [-0.2, 0) is 0 Å². The zero-order chi connectivity index (χ0) is 16.2. The van der Waals surface area contributed by atoms with Gasteiger partial charge in [-0.05, 0) is 19.1 Å². The van der Waals surface area contributed by atoms with Crippen molar-refractivity contribution in [3.05, 3.63) is 33.9 Å². The molecule has 0 aliphatic rings. The molecule has 0 saturated carbocycles. The molecule has 0 aromatic heterocycles. The van der Waals surface area contributed by atoms with Crippen LogP contribution < -0.4 is 16.6 Å². The van der Waals surface area contributed by atoms with E-state index in [0.29, 0.717) is 0 Å². The van der Waals surface area contributed by atoms with Gasteiger partial charge in [0.05, 0.1) is 11.3 Å². The fraction of sp³-hybridized carbons (Fsp3) is 0.364. The summed E-state index contributed by atoms with van der Waals surface area (Å²) in [6.07, 6.45) is -5.68. The molecule has 0 fully saturated rings. The molecule has 0 radical (unpaired) electrons. The van der Waals surface area contributed by atoms with E-state index >= 15 is 0 Å². The van der Waals surface area contributed by atoms with E-state index in [1.54, 1.807) is 0 Å². The Labute approximate surface area is 117 Å². The lowest BCUT2D eigenvalue weighted by Gasteiger charge is -2.16. The second kappa shape index (κ2) is 6.39. The van der Waals surface area contributed by atoms with Crippen molar-refractivity contribution >= 4 is 17.3 Å². The highest BCUT2D eigenvalue weighted by atomic mass is 19.4. The van der Waals surface area contributed by atoms with Gasteiger partial charge in [0.25, 0.3) is 11.6 Å². The summed E-state index contributed by atoms with van der Waals surface area (Å²) in [6.45, 7) is 1.16. The van der Waals surface area contributed by atoms with E-state index in [-0.39, 0.29) is 11.3 Å². The third kappa shape index (κ3) is 4.91. The lowest BCUT2D eigenvalue weighted by Crippen LogP contribution is -2.36. The zero-order valence-corrected chi connectivity index (χ0v) is 10.9. The number of rotatable bonds is 5. The molecule has 7 nitrogen and oxygen atoms in total. The smallest absolute Gasteiger partial charge is 0.349 e. The number of nitro groups is 1. The number of nitro benzene ring substituents is 1. The third-order valence-electron chi connectivity index (χ3n) is 2.52. The summed E-state index contributed by atoms with van der Waals surface area (Å²) in [5.74, 6) is 4.15. The van der Waals surface area contributed by atoms with Gasteiger partial charge in [0.2, 0.25) is 0 Å². The number of amides is 1. The van der Waals surface area contributed by atoms with Crippen LogP contribution in [0.5, 0.6) is 0 Å². The number of nitrogen functional groups attached to an aromatic ring is 1. The Morgan fingerprint density at radius 1 is 1.48 bits per heavy atom. The standard InChI is InChI=1S/C11H13F3N4O3/c1-6(5-11(12,13)14)16-10(19)8-4-7(17-15)2-3-9(8)18(20)21/h2-4,6,17H,5,15H2,1H3,(H,16,19). The number of hydrazine groups is 1. The van der Waals surface area contributed by atoms with E-state index < -0.39 is 35.2 Å². The number of carbonyl (C=O) groups is 1. The first kappa shape index (κ1) is 16.7. The van der Waals surface area contributed by atoms with Crippen LogP contribution in [0.1, 0.15) is 23.7 Å². The molecule has 4 N–H and O–H groups in total. The topological polar surface area (TPSA) is 110 Å². The van der Waals surface area contributed by atoms with Crippen LogP contribution in [0.25, 0.3) is 0 Å². The normalized spacial score (nSPS) is 12.6. The van der Waals surface area contributed by atoms with Crippen LogP contribution in [0.15, 0.2) is 18.2 Å². The molecule has 116 valence electrons. The Morgan fingerprint density at radius 3 is 2.57 bits per heavy atom. The SMILES string of the molecule is CC(CC(F)(F)F)NC(=O)c1cc(NN)ccc1[N+](=O)[O-]. The highest BCUT2D eigenvalue weighted by Gasteiger charge is 2.31. The van der Waals surface area contributed by atoms with Crippen LogP contribution in [0.3, 0.4) is 0 Å². The van der Waals surface area contributed by atoms with Crippen molar-refractivity contribution in [3.63, 3.8) is 0 Å². The summed E-state index contributed by atoms with van der Waals surface area (Å²) in [5.41, 5.74) is 1.52. The van der Waals surface area contributed by atoms with Crippen molar-refractivity contribution in [3.8, 4) is 0 Å². The highest BCUT2D eigenvalue weighted by Crippen LogP contribution is 2.24. The number of nitrogens with zero attached hydrogens (tertiary/aromatic N) is 1. The van der Waals surface area contributed by atoms with Gasteiger partial charge in [-0.2, -0.15) is 13.2 Å². The molecule has 0 heterocycles. The Hall–Kier alpha value is -2.36. The first-order chi connectivity index (χ1) is 9.64. The second-order valence-corrected chi connectivity index (χ2v) is 4.33. The summed E-state index contributed by atoms with van der Waals surface area (Å²) in [5, 5.41) is 12.9. The first-order valence-electron chi connectivity index (χ1n) is 5.76. The van der Waals surface area contributed by atoms with Crippen molar-refractivity contribution in [1.82, 2.24) is 5.32 Å². The fourth-order valence-electron chi connectivity index (χ4n) is 1.67. The van der Waals surface area contributed by atoms with Crippen LogP contribution in [0, 0.1) is 10.1 Å². The van der Waals surface area contributed by atoms with Gasteiger partial charge in [0.1, 0.15) is 5.56 Å². The maximum Gasteiger partial charge on any atom is 0.391 e. The van der Waals surface area contributed by atoms with Gasteiger partial charge in [-0.15, -0.1) is 0 Å². The summed E-state index contributed by atoms with van der Waals surface area (Å²) in [4.78, 5) is 21.9. The van der Waals surface area contributed by atoms with E-state index in [4.69, 9.17) is 5.84 Å². The summed E-state index contributed by atoms with van der Waals surface area (Å²) in [6, 6.07) is 2.19. The summed E-state index contributed by atoms with van der Waals surface area (Å²) in [7, 11) is 0. The predicted molar refractivity (Wildman–Crippen MR) is 68.5 cm³/mol. The average Bonchev–Trinajstić information content (AvgIpc) is 2.35. The molecule has 0 aliphatic carbocycles. The minimum Gasteiger partial charge on any atom is -0.349 e. The molecule has 0 bridgehead atoms. The van der Waals surface area contributed by atoms with Crippen molar-refractivity contribution in [2.45, 2.75) is 25.6 Å². The molecule has 21 heavy (non-hydrogen) atoms. The zero-order valence-electron chi connectivity index (χ0n) is 10.9. The number of anilines is 1. The lowest BCUT2D eigenvalue weighted by atomic mass is 10.1. The Bertz CT molecular complexity index is 548. The number of nitrogens with two attached hydrogens (primary N) is 1. The fourth-order valence-corrected chi connectivity index (χ4v) is 1.67. The van der Waals surface area contributed by atoms with E-state index in [9.17, 15) is 28.1 Å². The van der Waals surface area contributed by atoms with Crippen molar-refractivity contribution in [2.75, 3.05) is 5.43 Å². The largest absolute Gasteiger partial charge is 0.391 e. The maximum absolute atomic E-state index is 12.2. The van der Waals surface area contributed by atoms with E-state index in [1.165, 1.54) is 6.07 Å². The van der Waals surface area contributed by atoms with Crippen LogP contribution in [-0.4, -0.2) is 23.0 Å². The number of alkyl halides is 3. The van der Waals surface area contributed by atoms with Gasteiger partial charge in [-0.1, -0.05) is 0 Å². The van der Waals surface area contributed by atoms with Crippen molar-refractivity contribution in [2.24, 2.45) is 5.84 Å². The van der Waals surface area contributed by atoms with Crippen LogP contribution >= 0.6 is 0 Å². The van der Waals surface area contributed by atoms with Gasteiger partial charge >= 0.3 is 6.18 Å². The minimum atomic E-state index is -4.45. The molecular formula is C11H13F3N4O3. The molecule has 1 unspecified atom stereocenters. The highest BCUT2D eigenvalue weighted by molar-refractivity contribution is 5.99. The van der Waals surface area contributed by atoms with Crippen molar-refractivity contribution < 1.29 is 22.9 Å². The number of hydrogen-bond donors (Lipinski definition) is 3. The molecule has 0 aliphatic heterocycles. The maximum atomic E-state index is 12.2. The monoisotopic (exact) mass is 306 g/mol. The third-order valence-corrected chi connectivity index (χ3v) is 2.52. The van der Waals surface area contributed by atoms with E-state index in [1.807, 2.05) is 0 Å². The number of nitrogens with one attached hydrogen (secondary N) is 2. The molecule has 1 aromatic rings. The number of halogens is 3. The van der Waals surface area contributed by atoms with Gasteiger partial charge in [0.15, 0.2) is 0 Å². The first-order valence-corrected chi connectivity index (χ1v) is 5.76. The van der Waals surface area contributed by atoms with Gasteiger partial charge in [0, 0.05) is 17.8 Å². The number of benzene rings is 1. The number of hydrogen-bond acceptors (Lipinski definition) is 5. The summed E-state index contributed by atoms with van der Waals surface area (Å²) < 4.78 is 36.6. The minimum absolute atomic E-state index is 0.217. The Balaban J connectivity index is 2.98. The molecule has 0 spiro atoms. The van der Waals surface area contributed by atoms with Crippen LogP contribution in [0.4, 0.5) is 24.5 Å². The summed E-state index contributed by atoms with van der Waals surface area (Å²) >= 11 is 0. The van der Waals surface area contributed by atoms with Crippen LogP contribution in [0.2, 0.25) is 0 Å². The second-order valence-electron chi connectivity index (χ2n) is 4.33. The number of carbonyl (C=O) groups excluding carboxylic acids is 1. The molecule has 1 atom stereocenters. The van der Waals surface area contributed by atoms with Crippen molar-refractivity contribution in [1.29, 1.82) is 0 Å². The predicted octanol–water partition coefficient (Wildman–Crippen LogP) is 1.95. The molecule has 10 heteroatoms. The van der Waals surface area contributed by atoms with E-state index in [0.717, 1.165) is 19.1 Å². The molecular weight excluding hydrogens is 293 g/mol. The quantitative estimate of drug-likeness (QED) is 0.437. The Morgan fingerprint density at radius 2 is 2.10 bits per heavy atom. The van der Waals surface area contributed by atoms with Gasteiger partial charge in [-0.3, -0.25) is 20.8 Å². The average molecular weight is 306 g/mol.